The molecule has 0 radical (unpaired) electrons. The van der Waals surface area contributed by atoms with Gasteiger partial charge in [0.25, 0.3) is 0 Å². The van der Waals surface area contributed by atoms with Crippen molar-refractivity contribution >= 4 is 71.7 Å². The Kier molecular flexibility index (Phi) is 6.15. The molecular formula is C45H29N3O. The highest BCUT2D eigenvalue weighted by Crippen LogP contribution is 2.46. The lowest BCUT2D eigenvalue weighted by Crippen LogP contribution is -2.10. The van der Waals surface area contributed by atoms with Crippen LogP contribution in [0.15, 0.2) is 180 Å². The van der Waals surface area contributed by atoms with Crippen LogP contribution in [0.4, 0.5) is 17.1 Å². The highest BCUT2D eigenvalue weighted by atomic mass is 16.3. The Labute approximate surface area is 282 Å². The van der Waals surface area contributed by atoms with Crippen LogP contribution in [0.5, 0.6) is 0 Å². The van der Waals surface area contributed by atoms with Gasteiger partial charge >= 0.3 is 0 Å². The van der Waals surface area contributed by atoms with E-state index in [0.29, 0.717) is 0 Å². The zero-order chi connectivity index (χ0) is 32.3. The van der Waals surface area contributed by atoms with Crippen molar-refractivity contribution in [1.29, 1.82) is 0 Å². The van der Waals surface area contributed by atoms with Crippen molar-refractivity contribution < 1.29 is 4.42 Å². The average Bonchev–Trinajstić information content (AvgIpc) is 3.73. The third-order valence-electron chi connectivity index (χ3n) is 9.60. The van der Waals surface area contributed by atoms with Crippen LogP contribution in [0.2, 0.25) is 0 Å². The summed E-state index contributed by atoms with van der Waals surface area (Å²) in [5.74, 6) is 0. The molecule has 0 spiro atoms. The predicted octanol–water partition coefficient (Wildman–Crippen LogP) is 12.4. The van der Waals surface area contributed by atoms with Crippen LogP contribution in [0, 0.1) is 0 Å². The number of rotatable bonds is 5. The molecule has 0 fully saturated rings. The topological polar surface area (TPSA) is 34.2 Å². The number of furan rings is 1. The summed E-state index contributed by atoms with van der Waals surface area (Å²) in [5.41, 5.74) is 11.5. The summed E-state index contributed by atoms with van der Waals surface area (Å²) in [5, 5.41) is 5.54. The van der Waals surface area contributed by atoms with Crippen LogP contribution in [0.1, 0.15) is 0 Å². The first kappa shape index (κ1) is 27.5. The van der Waals surface area contributed by atoms with Crippen LogP contribution < -0.4 is 4.90 Å². The molecule has 0 aliphatic rings. The summed E-state index contributed by atoms with van der Waals surface area (Å²) < 4.78 is 9.10. The quantitative estimate of drug-likeness (QED) is 0.190. The molecule has 49 heavy (non-hydrogen) atoms. The number of anilines is 3. The van der Waals surface area contributed by atoms with E-state index in [4.69, 9.17) is 9.40 Å². The van der Waals surface area contributed by atoms with Crippen LogP contribution >= 0.6 is 0 Å². The zero-order valence-corrected chi connectivity index (χ0v) is 26.5. The van der Waals surface area contributed by atoms with Gasteiger partial charge in [-0.3, -0.25) is 4.98 Å². The molecule has 7 aromatic carbocycles. The minimum atomic E-state index is 0.811. The van der Waals surface area contributed by atoms with Gasteiger partial charge in [0, 0.05) is 44.8 Å². The third-order valence-corrected chi connectivity index (χ3v) is 9.60. The molecule has 4 heteroatoms. The summed E-state index contributed by atoms with van der Waals surface area (Å²) in [6.45, 7) is 0. The van der Waals surface area contributed by atoms with Crippen molar-refractivity contribution in [3.8, 4) is 16.8 Å². The van der Waals surface area contributed by atoms with Crippen LogP contribution in [-0.4, -0.2) is 9.55 Å². The first-order valence-electron chi connectivity index (χ1n) is 16.5. The van der Waals surface area contributed by atoms with Crippen molar-refractivity contribution in [1.82, 2.24) is 9.55 Å². The molecule has 0 N–H and O–H groups in total. The Morgan fingerprint density at radius 1 is 0.510 bits per heavy atom. The maximum Gasteiger partial charge on any atom is 0.161 e. The van der Waals surface area contributed by atoms with E-state index in [-0.39, 0.29) is 0 Å². The molecule has 0 unspecified atom stereocenters. The van der Waals surface area contributed by atoms with Gasteiger partial charge in [-0.25, -0.2) is 0 Å². The van der Waals surface area contributed by atoms with E-state index < -0.39 is 0 Å². The van der Waals surface area contributed by atoms with E-state index in [1.165, 1.54) is 27.4 Å². The highest BCUT2D eigenvalue weighted by Gasteiger charge is 2.23. The molecule has 0 aliphatic heterocycles. The van der Waals surface area contributed by atoms with E-state index in [0.717, 1.165) is 61.1 Å². The summed E-state index contributed by atoms with van der Waals surface area (Å²) in [6, 6.07) is 60.0. The lowest BCUT2D eigenvalue weighted by Gasteiger charge is -2.26. The van der Waals surface area contributed by atoms with E-state index in [9.17, 15) is 0 Å². The lowest BCUT2D eigenvalue weighted by atomic mass is 10.0. The monoisotopic (exact) mass is 627 g/mol. The second kappa shape index (κ2) is 11.0. The first-order chi connectivity index (χ1) is 24.3. The van der Waals surface area contributed by atoms with Crippen LogP contribution in [-0.2, 0) is 0 Å². The van der Waals surface area contributed by atoms with Gasteiger partial charge in [-0.05, 0) is 77.9 Å². The minimum absolute atomic E-state index is 0.811. The molecule has 10 aromatic rings. The SMILES string of the molecule is c1ccc(-c2ccc(N(c3ccc4c(c3)c3ccccc3n4-c3ccccc3)c3cc4cccnc4c4c3oc3ccccc34)cc2)cc1. The molecular weight excluding hydrogens is 599 g/mol. The predicted molar refractivity (Wildman–Crippen MR) is 203 cm³/mol. The number of fused-ring (bicyclic) bond motifs is 8. The van der Waals surface area contributed by atoms with Gasteiger partial charge in [0.15, 0.2) is 5.58 Å². The largest absolute Gasteiger partial charge is 0.454 e. The molecule has 0 bridgehead atoms. The smallest absolute Gasteiger partial charge is 0.161 e. The van der Waals surface area contributed by atoms with Gasteiger partial charge in [-0.1, -0.05) is 103 Å². The molecule has 3 heterocycles. The number of para-hydroxylation sites is 3. The van der Waals surface area contributed by atoms with Crippen LogP contribution in [0.25, 0.3) is 71.5 Å². The Balaban J connectivity index is 1.27. The molecule has 4 nitrogen and oxygen atoms in total. The van der Waals surface area contributed by atoms with Crippen molar-refractivity contribution in [2.75, 3.05) is 4.90 Å². The lowest BCUT2D eigenvalue weighted by molar-refractivity contribution is 0.669. The number of pyridine rings is 1. The number of hydrogen-bond donors (Lipinski definition) is 0. The fourth-order valence-corrected chi connectivity index (χ4v) is 7.40. The fraction of sp³-hybridized carbons (Fsp3) is 0. The number of aromatic nitrogens is 2. The highest BCUT2D eigenvalue weighted by molar-refractivity contribution is 6.22. The van der Waals surface area contributed by atoms with E-state index >= 15 is 0 Å². The number of benzene rings is 7. The molecule has 0 amide bonds. The Bertz CT molecular complexity index is 2820. The summed E-state index contributed by atoms with van der Waals surface area (Å²) >= 11 is 0. The third kappa shape index (κ3) is 4.35. The zero-order valence-electron chi connectivity index (χ0n) is 26.5. The summed E-state index contributed by atoms with van der Waals surface area (Å²) in [7, 11) is 0. The molecule has 230 valence electrons. The Hall–Kier alpha value is -6.65. The standard InChI is InChI=1S/C45H29N3O/c1-3-12-30(13-4-1)31-21-23-34(24-22-31)47(41-28-32-14-11-27-46-44(32)43-37-18-8-10-20-42(37)49-45(41)43)35-25-26-40-38(29-35)36-17-7-9-19-39(36)48(40)33-15-5-2-6-16-33/h1-29H. The molecule has 10 rings (SSSR count). The van der Waals surface area contributed by atoms with E-state index in [2.05, 4.69) is 161 Å². The van der Waals surface area contributed by atoms with Gasteiger partial charge in [0.05, 0.1) is 27.6 Å². The average molecular weight is 628 g/mol. The molecule has 0 aliphatic carbocycles. The normalized spacial score (nSPS) is 11.7. The Morgan fingerprint density at radius 2 is 1.18 bits per heavy atom. The van der Waals surface area contributed by atoms with Gasteiger partial charge in [-0.15, -0.1) is 0 Å². The van der Waals surface area contributed by atoms with E-state index in [1.54, 1.807) is 0 Å². The van der Waals surface area contributed by atoms with Gasteiger partial charge in [0.2, 0.25) is 0 Å². The second-order valence-corrected chi connectivity index (χ2v) is 12.4. The molecule has 0 atom stereocenters. The number of nitrogens with zero attached hydrogens (tertiary/aromatic N) is 3. The Morgan fingerprint density at radius 3 is 2.02 bits per heavy atom. The molecule has 3 aromatic heterocycles. The summed E-state index contributed by atoms with van der Waals surface area (Å²) in [4.78, 5) is 7.18. The summed E-state index contributed by atoms with van der Waals surface area (Å²) in [6.07, 6.45) is 1.86. The molecule has 0 saturated heterocycles. The number of hydrogen-bond acceptors (Lipinski definition) is 3. The molecule has 0 saturated carbocycles. The first-order valence-corrected chi connectivity index (χ1v) is 16.5. The van der Waals surface area contributed by atoms with Gasteiger partial charge in [-0.2, -0.15) is 0 Å². The minimum Gasteiger partial charge on any atom is -0.454 e. The van der Waals surface area contributed by atoms with Gasteiger partial charge < -0.3 is 13.9 Å². The second-order valence-electron chi connectivity index (χ2n) is 12.4. The maximum atomic E-state index is 6.74. The van der Waals surface area contributed by atoms with Crippen LogP contribution in [0.3, 0.4) is 0 Å². The maximum absolute atomic E-state index is 6.74. The fourth-order valence-electron chi connectivity index (χ4n) is 7.40. The van der Waals surface area contributed by atoms with Crippen molar-refractivity contribution in [2.45, 2.75) is 0 Å². The van der Waals surface area contributed by atoms with Gasteiger partial charge in [0.1, 0.15) is 5.58 Å². The van der Waals surface area contributed by atoms with Crippen molar-refractivity contribution in [3.63, 3.8) is 0 Å². The van der Waals surface area contributed by atoms with E-state index in [1.807, 2.05) is 24.4 Å². The van der Waals surface area contributed by atoms with Crippen molar-refractivity contribution in [2.24, 2.45) is 0 Å². The van der Waals surface area contributed by atoms with Crippen molar-refractivity contribution in [3.05, 3.63) is 176 Å².